The summed E-state index contributed by atoms with van der Waals surface area (Å²) in [5.74, 6) is -1.40. The van der Waals surface area contributed by atoms with Crippen molar-refractivity contribution < 1.29 is 13.6 Å². The first-order valence-electron chi connectivity index (χ1n) is 4.83. The Morgan fingerprint density at radius 1 is 1.27 bits per heavy atom. The third-order valence-electron chi connectivity index (χ3n) is 2.34. The quantitative estimate of drug-likeness (QED) is 0.727. The van der Waals surface area contributed by atoms with Crippen molar-refractivity contribution >= 4 is 11.4 Å². The Balaban J connectivity index is 2.33. The van der Waals surface area contributed by atoms with Crippen LogP contribution < -0.4 is 10.8 Å². The molecule has 1 aromatic rings. The van der Waals surface area contributed by atoms with Crippen molar-refractivity contribution in [2.75, 3.05) is 23.9 Å². The van der Waals surface area contributed by atoms with Crippen LogP contribution in [0.1, 0.15) is 12.8 Å². The van der Waals surface area contributed by atoms with Crippen LogP contribution in [0.4, 0.5) is 20.2 Å². The molecule has 0 amide bonds. The van der Waals surface area contributed by atoms with Crippen LogP contribution in [0.15, 0.2) is 12.1 Å². The van der Waals surface area contributed by atoms with Crippen LogP contribution in [0.3, 0.4) is 0 Å². The lowest BCUT2D eigenvalue weighted by molar-refractivity contribution is 0.0779. The second-order valence-electron chi connectivity index (χ2n) is 3.46. The van der Waals surface area contributed by atoms with Crippen molar-refractivity contribution in [1.29, 1.82) is 0 Å². The Bertz CT molecular complexity index is 365. The second kappa shape index (κ2) is 4.02. The summed E-state index contributed by atoms with van der Waals surface area (Å²) in [6.07, 6.45) is 1.88. The molecule has 5 heteroatoms. The van der Waals surface area contributed by atoms with Gasteiger partial charge < -0.3 is 5.73 Å². The van der Waals surface area contributed by atoms with E-state index in [0.717, 1.165) is 18.9 Å². The van der Waals surface area contributed by atoms with Crippen LogP contribution >= 0.6 is 0 Å². The van der Waals surface area contributed by atoms with Gasteiger partial charge in [0.15, 0.2) is 5.82 Å². The van der Waals surface area contributed by atoms with Gasteiger partial charge in [0.1, 0.15) is 5.82 Å². The predicted octanol–water partition coefficient (Wildman–Crippen LogP) is 2.08. The first kappa shape index (κ1) is 10.2. The molecule has 82 valence electrons. The average Bonchev–Trinajstić information content (AvgIpc) is 2.24. The van der Waals surface area contributed by atoms with E-state index in [-0.39, 0.29) is 11.4 Å². The minimum Gasteiger partial charge on any atom is -0.395 e. The zero-order valence-electron chi connectivity index (χ0n) is 8.17. The standard InChI is InChI=1S/C10H12F2N2O/c11-7-5-8(12)10(13)9(6-7)14-3-1-2-4-15-14/h5-6H,1-4,13H2. The number of hydroxylamine groups is 1. The molecule has 1 heterocycles. The van der Waals surface area contributed by atoms with Gasteiger partial charge in [-0.15, -0.1) is 0 Å². The van der Waals surface area contributed by atoms with Crippen LogP contribution in [0.2, 0.25) is 0 Å². The number of halogens is 2. The minimum atomic E-state index is -0.751. The molecular weight excluding hydrogens is 202 g/mol. The lowest BCUT2D eigenvalue weighted by Gasteiger charge is -2.28. The van der Waals surface area contributed by atoms with Gasteiger partial charge in [-0.3, -0.25) is 9.90 Å². The monoisotopic (exact) mass is 214 g/mol. The average molecular weight is 214 g/mol. The fraction of sp³-hybridized carbons (Fsp3) is 0.400. The third-order valence-corrected chi connectivity index (χ3v) is 2.34. The van der Waals surface area contributed by atoms with Crippen molar-refractivity contribution in [3.8, 4) is 0 Å². The molecule has 2 N–H and O–H groups in total. The summed E-state index contributed by atoms with van der Waals surface area (Å²) >= 11 is 0. The van der Waals surface area contributed by atoms with Crippen LogP contribution in [0.25, 0.3) is 0 Å². The van der Waals surface area contributed by atoms with Crippen molar-refractivity contribution in [2.45, 2.75) is 12.8 Å². The molecule has 0 radical (unpaired) electrons. The first-order chi connectivity index (χ1) is 7.18. The zero-order valence-corrected chi connectivity index (χ0v) is 8.17. The lowest BCUT2D eigenvalue weighted by atomic mass is 10.2. The molecule has 1 aliphatic heterocycles. The number of nitrogen functional groups attached to an aromatic ring is 1. The zero-order chi connectivity index (χ0) is 10.8. The molecule has 0 aromatic heterocycles. The van der Waals surface area contributed by atoms with E-state index in [4.69, 9.17) is 10.6 Å². The maximum atomic E-state index is 13.1. The molecule has 0 aliphatic carbocycles. The highest BCUT2D eigenvalue weighted by molar-refractivity contribution is 5.67. The maximum Gasteiger partial charge on any atom is 0.151 e. The fourth-order valence-corrected chi connectivity index (χ4v) is 1.56. The van der Waals surface area contributed by atoms with E-state index in [0.29, 0.717) is 13.2 Å². The number of hydrogen-bond donors (Lipinski definition) is 1. The van der Waals surface area contributed by atoms with Gasteiger partial charge in [0.25, 0.3) is 0 Å². The van der Waals surface area contributed by atoms with Crippen molar-refractivity contribution in [3.05, 3.63) is 23.8 Å². The molecule has 15 heavy (non-hydrogen) atoms. The van der Waals surface area contributed by atoms with Gasteiger partial charge >= 0.3 is 0 Å². The summed E-state index contributed by atoms with van der Waals surface area (Å²) in [6.45, 7) is 1.16. The Morgan fingerprint density at radius 2 is 2.07 bits per heavy atom. The van der Waals surface area contributed by atoms with Crippen molar-refractivity contribution in [1.82, 2.24) is 0 Å². The van der Waals surface area contributed by atoms with Crippen molar-refractivity contribution in [3.63, 3.8) is 0 Å². The van der Waals surface area contributed by atoms with Crippen LogP contribution in [0.5, 0.6) is 0 Å². The summed E-state index contributed by atoms with van der Waals surface area (Å²) < 4.78 is 26.1. The Hall–Kier alpha value is -1.36. The Morgan fingerprint density at radius 3 is 2.73 bits per heavy atom. The van der Waals surface area contributed by atoms with Gasteiger partial charge in [-0.1, -0.05) is 0 Å². The molecule has 2 rings (SSSR count). The van der Waals surface area contributed by atoms with Gasteiger partial charge in [-0.25, -0.2) is 8.78 Å². The Kier molecular flexibility index (Phi) is 2.73. The van der Waals surface area contributed by atoms with E-state index in [9.17, 15) is 8.78 Å². The van der Waals surface area contributed by atoms with E-state index < -0.39 is 11.6 Å². The molecule has 1 aromatic carbocycles. The molecule has 1 aliphatic rings. The van der Waals surface area contributed by atoms with Crippen LogP contribution in [-0.2, 0) is 4.84 Å². The van der Waals surface area contributed by atoms with Gasteiger partial charge in [0.2, 0.25) is 0 Å². The summed E-state index contributed by atoms with van der Waals surface area (Å²) in [4.78, 5) is 5.27. The van der Waals surface area contributed by atoms with E-state index >= 15 is 0 Å². The molecule has 0 saturated carbocycles. The number of rotatable bonds is 1. The molecule has 3 nitrogen and oxygen atoms in total. The third kappa shape index (κ3) is 2.02. The normalized spacial score (nSPS) is 16.8. The molecule has 0 bridgehead atoms. The predicted molar refractivity (Wildman–Crippen MR) is 53.3 cm³/mol. The number of anilines is 2. The van der Waals surface area contributed by atoms with E-state index in [2.05, 4.69) is 0 Å². The molecule has 0 unspecified atom stereocenters. The fourth-order valence-electron chi connectivity index (χ4n) is 1.56. The lowest BCUT2D eigenvalue weighted by Crippen LogP contribution is -2.30. The second-order valence-corrected chi connectivity index (χ2v) is 3.46. The smallest absolute Gasteiger partial charge is 0.151 e. The topological polar surface area (TPSA) is 38.5 Å². The largest absolute Gasteiger partial charge is 0.395 e. The van der Waals surface area contributed by atoms with Gasteiger partial charge in [0, 0.05) is 18.7 Å². The van der Waals surface area contributed by atoms with Crippen molar-refractivity contribution in [2.24, 2.45) is 0 Å². The summed E-state index contributed by atoms with van der Waals surface area (Å²) in [5, 5.41) is 1.45. The van der Waals surface area contributed by atoms with Gasteiger partial charge in [-0.05, 0) is 12.8 Å². The highest BCUT2D eigenvalue weighted by atomic mass is 19.1. The van der Waals surface area contributed by atoms with Crippen LogP contribution in [-0.4, -0.2) is 13.2 Å². The molecular formula is C10H12F2N2O. The van der Waals surface area contributed by atoms with Gasteiger partial charge in [0.05, 0.1) is 18.0 Å². The highest BCUT2D eigenvalue weighted by Gasteiger charge is 2.17. The Labute approximate surface area is 86.4 Å². The number of nitrogens with zero attached hydrogens (tertiary/aromatic N) is 1. The molecule has 0 spiro atoms. The molecule has 1 saturated heterocycles. The van der Waals surface area contributed by atoms with Crippen LogP contribution in [0, 0.1) is 11.6 Å². The molecule has 0 atom stereocenters. The highest BCUT2D eigenvalue weighted by Crippen LogP contribution is 2.29. The number of hydrogen-bond acceptors (Lipinski definition) is 3. The minimum absolute atomic E-state index is 0.0710. The number of nitrogens with two attached hydrogens (primary N) is 1. The summed E-state index contributed by atoms with van der Waals surface area (Å²) in [6, 6.07) is 1.95. The summed E-state index contributed by atoms with van der Waals surface area (Å²) in [5.41, 5.74) is 5.72. The SMILES string of the molecule is Nc1c(F)cc(F)cc1N1CCCCO1. The van der Waals surface area contributed by atoms with E-state index in [1.807, 2.05) is 0 Å². The molecule has 1 fully saturated rings. The van der Waals surface area contributed by atoms with E-state index in [1.54, 1.807) is 0 Å². The van der Waals surface area contributed by atoms with E-state index in [1.165, 1.54) is 11.1 Å². The maximum absolute atomic E-state index is 13.1. The first-order valence-corrected chi connectivity index (χ1v) is 4.83. The summed E-state index contributed by atoms with van der Waals surface area (Å²) in [7, 11) is 0. The van der Waals surface area contributed by atoms with Gasteiger partial charge in [-0.2, -0.15) is 0 Å². The number of benzene rings is 1.